The van der Waals surface area contributed by atoms with Crippen molar-refractivity contribution in [2.75, 3.05) is 11.1 Å². The number of anilines is 2. The van der Waals surface area contributed by atoms with Gasteiger partial charge in [-0.15, -0.1) is 11.3 Å². The smallest absolute Gasteiger partial charge is 0.252 e. The van der Waals surface area contributed by atoms with E-state index in [1.54, 1.807) is 12.1 Å². The lowest BCUT2D eigenvalue weighted by molar-refractivity contribution is -0.117. The van der Waals surface area contributed by atoms with Gasteiger partial charge in [0.2, 0.25) is 5.91 Å². The highest BCUT2D eigenvalue weighted by Crippen LogP contribution is 2.38. The van der Waals surface area contributed by atoms with Crippen molar-refractivity contribution in [2.24, 2.45) is 11.7 Å². The first-order valence-corrected chi connectivity index (χ1v) is 6.80. The van der Waals surface area contributed by atoms with Crippen LogP contribution in [-0.2, 0) is 4.79 Å². The molecule has 3 rings (SSSR count). The number of hydrogen-bond donors (Lipinski definition) is 3. The van der Waals surface area contributed by atoms with Crippen molar-refractivity contribution >= 4 is 43.9 Å². The maximum absolute atomic E-state index is 11.8. The third-order valence-corrected chi connectivity index (χ3v) is 4.23. The second-order valence-electron chi connectivity index (χ2n) is 4.69. The summed E-state index contributed by atoms with van der Waals surface area (Å²) in [6, 6.07) is 5.29. The number of carbonyl (C=O) groups is 2. The molecule has 0 spiro atoms. The molecule has 1 heterocycles. The van der Waals surface area contributed by atoms with Crippen molar-refractivity contribution in [2.45, 2.75) is 12.8 Å². The molecule has 1 aliphatic rings. The van der Waals surface area contributed by atoms with E-state index in [1.165, 1.54) is 11.3 Å². The third kappa shape index (κ3) is 2.15. The van der Waals surface area contributed by atoms with Gasteiger partial charge >= 0.3 is 0 Å². The highest BCUT2D eigenvalue weighted by atomic mass is 32.1. The lowest BCUT2D eigenvalue weighted by Crippen LogP contribution is -2.17. The molecule has 0 radical (unpaired) electrons. The molecule has 5 N–H and O–H groups in total. The first-order chi connectivity index (χ1) is 9.06. The largest absolute Gasteiger partial charge is 0.399 e. The summed E-state index contributed by atoms with van der Waals surface area (Å²) in [7, 11) is 0. The first-order valence-electron chi connectivity index (χ1n) is 5.99. The molecular formula is C13H13N3O2S. The van der Waals surface area contributed by atoms with Gasteiger partial charge in [0.15, 0.2) is 0 Å². The van der Waals surface area contributed by atoms with E-state index in [1.807, 2.05) is 6.07 Å². The number of hydrogen-bond acceptors (Lipinski definition) is 4. The van der Waals surface area contributed by atoms with Gasteiger partial charge in [-0.1, -0.05) is 0 Å². The van der Waals surface area contributed by atoms with Crippen LogP contribution < -0.4 is 16.8 Å². The molecule has 6 heteroatoms. The fourth-order valence-corrected chi connectivity index (χ4v) is 3.10. The van der Waals surface area contributed by atoms with Crippen LogP contribution in [0.5, 0.6) is 0 Å². The lowest BCUT2D eigenvalue weighted by Gasteiger charge is -2.03. The van der Waals surface area contributed by atoms with Gasteiger partial charge in [-0.2, -0.15) is 0 Å². The molecule has 5 nitrogen and oxygen atoms in total. The predicted octanol–water partition coefficient (Wildman–Crippen LogP) is 1.93. The van der Waals surface area contributed by atoms with Gasteiger partial charge in [0, 0.05) is 21.7 Å². The molecule has 2 amide bonds. The summed E-state index contributed by atoms with van der Waals surface area (Å²) in [6.45, 7) is 0. The number of amides is 2. The molecule has 1 aromatic carbocycles. The van der Waals surface area contributed by atoms with Crippen molar-refractivity contribution in [3.8, 4) is 0 Å². The van der Waals surface area contributed by atoms with E-state index in [2.05, 4.69) is 5.32 Å². The molecule has 0 aliphatic heterocycles. The van der Waals surface area contributed by atoms with Gasteiger partial charge in [-0.05, 0) is 31.0 Å². The van der Waals surface area contributed by atoms with Gasteiger partial charge in [0.05, 0.1) is 5.56 Å². The zero-order valence-corrected chi connectivity index (χ0v) is 10.9. The Hall–Kier alpha value is -2.08. The Balaban J connectivity index is 2.09. The number of rotatable bonds is 3. The van der Waals surface area contributed by atoms with E-state index in [-0.39, 0.29) is 11.8 Å². The normalized spacial score (nSPS) is 14.5. The Morgan fingerprint density at radius 3 is 2.68 bits per heavy atom. The van der Waals surface area contributed by atoms with Gasteiger partial charge in [-0.3, -0.25) is 9.59 Å². The molecule has 19 heavy (non-hydrogen) atoms. The maximum atomic E-state index is 11.8. The average Bonchev–Trinajstić information content (AvgIpc) is 3.11. The summed E-state index contributed by atoms with van der Waals surface area (Å²) in [4.78, 5) is 23.4. The monoisotopic (exact) mass is 275 g/mol. The molecule has 1 saturated carbocycles. The van der Waals surface area contributed by atoms with Crippen LogP contribution >= 0.6 is 11.3 Å². The van der Waals surface area contributed by atoms with E-state index in [4.69, 9.17) is 11.5 Å². The molecule has 1 fully saturated rings. The quantitative estimate of drug-likeness (QED) is 0.746. The predicted molar refractivity (Wildman–Crippen MR) is 76.1 cm³/mol. The number of thiophene rings is 1. The van der Waals surface area contributed by atoms with E-state index < -0.39 is 5.91 Å². The molecule has 98 valence electrons. The Morgan fingerprint density at radius 1 is 1.32 bits per heavy atom. The van der Waals surface area contributed by atoms with E-state index in [0.717, 1.165) is 17.5 Å². The zero-order valence-electron chi connectivity index (χ0n) is 10.1. The highest BCUT2D eigenvalue weighted by molar-refractivity contribution is 7.23. The highest BCUT2D eigenvalue weighted by Gasteiger charge is 2.31. The summed E-state index contributed by atoms with van der Waals surface area (Å²) < 4.78 is 0.883. The van der Waals surface area contributed by atoms with Crippen molar-refractivity contribution in [1.82, 2.24) is 0 Å². The van der Waals surface area contributed by atoms with Crippen molar-refractivity contribution in [1.29, 1.82) is 0 Å². The number of primary amides is 1. The molecular weight excluding hydrogens is 262 g/mol. The minimum atomic E-state index is -0.553. The second-order valence-corrected chi connectivity index (χ2v) is 5.74. The van der Waals surface area contributed by atoms with Crippen molar-refractivity contribution in [3.63, 3.8) is 0 Å². The molecule has 0 atom stereocenters. The number of carbonyl (C=O) groups excluding carboxylic acids is 2. The van der Waals surface area contributed by atoms with Crippen LogP contribution in [0, 0.1) is 5.92 Å². The lowest BCUT2D eigenvalue weighted by atomic mass is 10.1. The molecule has 0 saturated heterocycles. The van der Waals surface area contributed by atoms with Crippen molar-refractivity contribution in [3.05, 3.63) is 23.8 Å². The maximum Gasteiger partial charge on any atom is 0.252 e. The number of nitrogens with two attached hydrogens (primary N) is 2. The third-order valence-electron chi connectivity index (χ3n) is 3.14. The first kappa shape index (κ1) is 12.0. The number of nitrogens with one attached hydrogen (secondary N) is 1. The molecule has 1 aliphatic carbocycles. The van der Waals surface area contributed by atoms with Crippen LogP contribution in [0.2, 0.25) is 0 Å². The summed E-state index contributed by atoms with van der Waals surface area (Å²) >= 11 is 1.35. The Kier molecular flexibility index (Phi) is 2.67. The second kappa shape index (κ2) is 4.24. The molecule has 0 bridgehead atoms. The molecule has 2 aromatic rings. The van der Waals surface area contributed by atoms with Crippen molar-refractivity contribution < 1.29 is 9.59 Å². The number of fused-ring (bicyclic) bond motifs is 1. The van der Waals surface area contributed by atoms with Crippen LogP contribution in [0.4, 0.5) is 10.7 Å². The van der Waals surface area contributed by atoms with Crippen LogP contribution in [0.3, 0.4) is 0 Å². The van der Waals surface area contributed by atoms with E-state index in [0.29, 0.717) is 21.6 Å². The van der Waals surface area contributed by atoms with Crippen LogP contribution in [-0.4, -0.2) is 11.8 Å². The minimum absolute atomic E-state index is 0.0398. The number of benzene rings is 1. The van der Waals surface area contributed by atoms with Gasteiger partial charge in [0.25, 0.3) is 5.91 Å². The van der Waals surface area contributed by atoms with Crippen LogP contribution in [0.1, 0.15) is 23.2 Å². The van der Waals surface area contributed by atoms with Gasteiger partial charge < -0.3 is 16.8 Å². The number of nitrogen functional groups attached to an aromatic ring is 1. The summed E-state index contributed by atoms with van der Waals surface area (Å²) in [6.07, 6.45) is 1.82. The molecule has 0 unspecified atom stereocenters. The Labute approximate surface area is 113 Å². The van der Waals surface area contributed by atoms with Gasteiger partial charge in [0.1, 0.15) is 5.00 Å². The average molecular weight is 275 g/mol. The van der Waals surface area contributed by atoms with Gasteiger partial charge in [-0.25, -0.2) is 0 Å². The fraction of sp³-hybridized carbons (Fsp3) is 0.231. The van der Waals surface area contributed by atoms with Crippen LogP contribution in [0.25, 0.3) is 10.1 Å². The van der Waals surface area contributed by atoms with Crippen LogP contribution in [0.15, 0.2) is 18.2 Å². The SMILES string of the molecule is NC(=O)c1c(NC(=O)C2CC2)sc2ccc(N)cc12. The summed E-state index contributed by atoms with van der Waals surface area (Å²) in [5.74, 6) is -0.513. The Bertz CT molecular complexity index is 688. The fourth-order valence-electron chi connectivity index (χ4n) is 2.01. The zero-order chi connectivity index (χ0) is 13.6. The Morgan fingerprint density at radius 2 is 2.05 bits per heavy atom. The van der Waals surface area contributed by atoms with E-state index >= 15 is 0 Å². The topological polar surface area (TPSA) is 98.2 Å². The standard InChI is InChI=1S/C13H13N3O2S/c14-7-3-4-9-8(5-7)10(11(15)17)13(19-9)16-12(18)6-1-2-6/h3-6H,1-2,14H2,(H2,15,17)(H,16,18). The summed E-state index contributed by atoms with van der Waals surface area (Å²) in [5.41, 5.74) is 12.1. The van der Waals surface area contributed by atoms with E-state index in [9.17, 15) is 9.59 Å². The summed E-state index contributed by atoms with van der Waals surface area (Å²) in [5, 5.41) is 4.02. The minimum Gasteiger partial charge on any atom is -0.399 e. The molecule has 1 aromatic heterocycles.